The van der Waals surface area contributed by atoms with E-state index in [1.807, 2.05) is 0 Å². The van der Waals surface area contributed by atoms with Crippen LogP contribution in [-0.4, -0.2) is 6.11 Å². The summed E-state index contributed by atoms with van der Waals surface area (Å²) in [4.78, 5) is 2.35. The van der Waals surface area contributed by atoms with Crippen LogP contribution in [0.25, 0.3) is 0 Å². The van der Waals surface area contributed by atoms with Gasteiger partial charge in [-0.15, -0.1) is 4.89 Å². The van der Waals surface area contributed by atoms with Gasteiger partial charge in [-0.25, -0.2) is 0 Å². The van der Waals surface area contributed by atoms with Crippen LogP contribution in [0.3, 0.4) is 0 Å². The lowest BCUT2D eigenvalue weighted by molar-refractivity contribution is -0.444. The molecule has 0 rings (SSSR count). The van der Waals surface area contributed by atoms with Crippen molar-refractivity contribution in [2.45, 2.75) is 13.0 Å². The Labute approximate surface area is 33.3 Å². The fraction of sp³-hybridized carbons (Fsp3) is 1.00. The molecule has 0 atom stereocenters. The maximum atomic E-state index is 10.9. The van der Waals surface area contributed by atoms with Crippen LogP contribution in [0, 0.1) is 0 Å². The lowest BCUT2D eigenvalue weighted by Gasteiger charge is -1.98. The first-order chi connectivity index (χ1) is 2.56. The molecule has 0 aromatic carbocycles. The van der Waals surface area contributed by atoms with E-state index in [9.17, 15) is 8.78 Å². The number of rotatable bonds is 1. The van der Waals surface area contributed by atoms with E-state index in [0.29, 0.717) is 6.92 Å². The molecule has 0 fully saturated rings. The first-order valence-corrected chi connectivity index (χ1v) is 1.25. The Hall–Kier alpha value is -0.220. The molecule has 1 radical (unpaired) electrons. The maximum absolute atomic E-state index is 10.9. The van der Waals surface area contributed by atoms with Crippen molar-refractivity contribution in [2.24, 2.45) is 0 Å². The molecular formula is C2H3F2O2. The summed E-state index contributed by atoms with van der Waals surface area (Å²) in [7, 11) is 0. The van der Waals surface area contributed by atoms with Gasteiger partial charge < -0.3 is 0 Å². The SMILES string of the molecule is CC(F)(F)O[O]. The minimum Gasteiger partial charge on any atom is -0.174 e. The highest BCUT2D eigenvalue weighted by atomic mass is 19.3. The zero-order valence-corrected chi connectivity index (χ0v) is 3.07. The largest absolute Gasteiger partial charge is 0.381 e. The summed E-state index contributed by atoms with van der Waals surface area (Å²) in [6.45, 7) is 0.375. The molecule has 0 N–H and O–H groups in total. The predicted molar refractivity (Wildman–Crippen MR) is 12.4 cm³/mol. The molecule has 0 unspecified atom stereocenters. The quantitative estimate of drug-likeness (QED) is 0.354. The molecule has 0 saturated heterocycles. The van der Waals surface area contributed by atoms with E-state index < -0.39 is 6.11 Å². The predicted octanol–water partition coefficient (Wildman–Crippen LogP) is 0.961. The standard InChI is InChI=1S/C2H3F2O2/c1-2(3,4)6-5/h1H3. The molecule has 0 aliphatic carbocycles. The van der Waals surface area contributed by atoms with Gasteiger partial charge in [0.05, 0.1) is 0 Å². The summed E-state index contributed by atoms with van der Waals surface area (Å²) < 4.78 is 21.8. The topological polar surface area (TPSA) is 29.1 Å². The Balaban J connectivity index is 3.17. The smallest absolute Gasteiger partial charge is 0.174 e. The van der Waals surface area contributed by atoms with Gasteiger partial charge in [-0.2, -0.15) is 8.78 Å². The van der Waals surface area contributed by atoms with Gasteiger partial charge in [-0.05, 0) is 5.26 Å². The van der Waals surface area contributed by atoms with Crippen molar-refractivity contribution >= 4 is 0 Å². The Morgan fingerprint density at radius 1 is 1.67 bits per heavy atom. The Morgan fingerprint density at radius 2 is 1.83 bits per heavy atom. The average molecular weight is 97.0 g/mol. The zero-order valence-electron chi connectivity index (χ0n) is 3.07. The van der Waals surface area contributed by atoms with E-state index in [0.717, 1.165) is 0 Å². The first-order valence-electron chi connectivity index (χ1n) is 1.25. The summed E-state index contributed by atoms with van der Waals surface area (Å²) >= 11 is 0. The average Bonchev–Trinajstić information content (AvgIpc) is 1.35. The molecule has 0 aliphatic rings. The molecule has 0 amide bonds. The normalized spacial score (nSPS) is 12.0. The molecule has 4 heteroatoms. The van der Waals surface area contributed by atoms with Crippen molar-refractivity contribution in [2.75, 3.05) is 0 Å². The monoisotopic (exact) mass is 97.0 g/mol. The molecular weight excluding hydrogens is 94.0 g/mol. The van der Waals surface area contributed by atoms with Crippen LogP contribution in [0.15, 0.2) is 0 Å². The van der Waals surface area contributed by atoms with Crippen LogP contribution in [0.2, 0.25) is 0 Å². The molecule has 37 valence electrons. The lowest BCUT2D eigenvalue weighted by atomic mass is 10.8. The summed E-state index contributed by atoms with van der Waals surface area (Å²) in [5.41, 5.74) is 0. The third-order valence-corrected chi connectivity index (χ3v) is 0.146. The van der Waals surface area contributed by atoms with Crippen LogP contribution in [0.1, 0.15) is 6.92 Å². The van der Waals surface area contributed by atoms with Crippen molar-refractivity contribution in [1.82, 2.24) is 0 Å². The van der Waals surface area contributed by atoms with Gasteiger partial charge in [-0.3, -0.25) is 0 Å². The van der Waals surface area contributed by atoms with Gasteiger partial charge in [0.1, 0.15) is 0 Å². The summed E-state index contributed by atoms with van der Waals surface area (Å²) in [5.74, 6) is 0. The van der Waals surface area contributed by atoms with Crippen LogP contribution >= 0.6 is 0 Å². The van der Waals surface area contributed by atoms with E-state index in [2.05, 4.69) is 4.89 Å². The summed E-state index contributed by atoms with van der Waals surface area (Å²) in [5, 5.41) is 8.70. The highest BCUT2D eigenvalue weighted by Gasteiger charge is 2.21. The molecule has 0 aliphatic heterocycles. The fourth-order valence-corrected chi connectivity index (χ4v) is 0. The van der Waals surface area contributed by atoms with Crippen molar-refractivity contribution in [3.05, 3.63) is 0 Å². The molecule has 0 saturated carbocycles. The van der Waals surface area contributed by atoms with Gasteiger partial charge in [0.15, 0.2) is 0 Å². The van der Waals surface area contributed by atoms with E-state index in [4.69, 9.17) is 5.26 Å². The second-order valence-corrected chi connectivity index (χ2v) is 0.891. The highest BCUT2D eigenvalue weighted by Crippen LogP contribution is 2.09. The van der Waals surface area contributed by atoms with Gasteiger partial charge in [-0.1, -0.05) is 0 Å². The van der Waals surface area contributed by atoms with E-state index in [1.165, 1.54) is 0 Å². The van der Waals surface area contributed by atoms with Crippen molar-refractivity contribution < 1.29 is 18.9 Å². The third kappa shape index (κ3) is 3.78. The molecule has 0 bridgehead atoms. The minimum atomic E-state index is -3.51. The van der Waals surface area contributed by atoms with Crippen molar-refractivity contribution in [1.29, 1.82) is 0 Å². The van der Waals surface area contributed by atoms with Gasteiger partial charge in [0.25, 0.3) is 0 Å². The molecule has 2 nitrogen and oxygen atoms in total. The van der Waals surface area contributed by atoms with Gasteiger partial charge >= 0.3 is 6.11 Å². The number of hydrogen-bond acceptors (Lipinski definition) is 1. The van der Waals surface area contributed by atoms with Crippen LogP contribution in [-0.2, 0) is 10.1 Å². The highest BCUT2D eigenvalue weighted by molar-refractivity contribution is 4.27. The van der Waals surface area contributed by atoms with E-state index in [1.54, 1.807) is 0 Å². The Bertz CT molecular complexity index is 39.3. The van der Waals surface area contributed by atoms with Crippen molar-refractivity contribution in [3.8, 4) is 0 Å². The molecule has 0 aromatic heterocycles. The van der Waals surface area contributed by atoms with Crippen LogP contribution in [0.5, 0.6) is 0 Å². The van der Waals surface area contributed by atoms with Gasteiger partial charge in [0.2, 0.25) is 0 Å². The molecule has 0 aromatic rings. The third-order valence-electron chi connectivity index (χ3n) is 0.146. The van der Waals surface area contributed by atoms with Crippen molar-refractivity contribution in [3.63, 3.8) is 0 Å². The second-order valence-electron chi connectivity index (χ2n) is 0.891. The number of hydrogen-bond donors (Lipinski definition) is 0. The molecule has 0 heterocycles. The number of halogens is 2. The van der Waals surface area contributed by atoms with Crippen LogP contribution < -0.4 is 0 Å². The second kappa shape index (κ2) is 1.49. The lowest BCUT2D eigenvalue weighted by Crippen LogP contribution is -2.10. The maximum Gasteiger partial charge on any atom is 0.381 e. The van der Waals surface area contributed by atoms with Crippen LogP contribution in [0.4, 0.5) is 8.78 Å². The zero-order chi connectivity index (χ0) is 5.21. The van der Waals surface area contributed by atoms with Gasteiger partial charge in [0, 0.05) is 6.92 Å². The van der Waals surface area contributed by atoms with E-state index in [-0.39, 0.29) is 0 Å². The van der Waals surface area contributed by atoms with E-state index >= 15 is 0 Å². The Kier molecular flexibility index (Phi) is 1.43. The summed E-state index contributed by atoms with van der Waals surface area (Å²) in [6, 6.07) is 0. The minimum absolute atomic E-state index is 0.375. The number of alkyl halides is 2. The Morgan fingerprint density at radius 3 is 1.83 bits per heavy atom. The molecule has 0 spiro atoms. The first kappa shape index (κ1) is 5.78. The molecule has 6 heavy (non-hydrogen) atoms. The summed E-state index contributed by atoms with van der Waals surface area (Å²) in [6.07, 6.45) is -3.51. The fourth-order valence-electron chi connectivity index (χ4n) is 0.